The quantitative estimate of drug-likeness (QED) is 0.627. The normalized spacial score (nSPS) is 25.4. The lowest BCUT2D eigenvalue weighted by atomic mass is 10.0. The minimum Gasteiger partial charge on any atom is -0.481 e. The van der Waals surface area contributed by atoms with E-state index in [0.29, 0.717) is 19.3 Å². The molecule has 1 aliphatic carbocycles. The summed E-state index contributed by atoms with van der Waals surface area (Å²) in [6, 6.07) is 1.81. The Morgan fingerprint density at radius 2 is 2.07 bits per heavy atom. The van der Waals surface area contributed by atoms with Gasteiger partial charge in [-0.05, 0) is 19.3 Å². The molecule has 0 aromatic heterocycles. The zero-order valence-electron chi connectivity index (χ0n) is 7.69. The van der Waals surface area contributed by atoms with Crippen molar-refractivity contribution in [2.24, 2.45) is 11.8 Å². The predicted molar refractivity (Wildman–Crippen MR) is 47.1 cm³/mol. The third kappa shape index (κ3) is 2.46. The third-order valence-electron chi connectivity index (χ3n) is 2.49. The van der Waals surface area contributed by atoms with Crippen molar-refractivity contribution in [2.45, 2.75) is 19.3 Å². The molecular weight excluding hydrogens is 184 g/mol. The number of aliphatic carboxylic acids is 1. The molecule has 76 valence electrons. The molecule has 0 aliphatic heterocycles. The van der Waals surface area contributed by atoms with Gasteiger partial charge in [0.2, 0.25) is 5.91 Å². The van der Waals surface area contributed by atoms with Gasteiger partial charge < -0.3 is 10.4 Å². The van der Waals surface area contributed by atoms with Gasteiger partial charge in [0.05, 0.1) is 12.0 Å². The number of carbonyl (C=O) groups is 2. The second kappa shape index (κ2) is 4.61. The van der Waals surface area contributed by atoms with Crippen LogP contribution in [-0.2, 0) is 9.59 Å². The molecule has 1 amide bonds. The van der Waals surface area contributed by atoms with E-state index < -0.39 is 11.9 Å². The van der Waals surface area contributed by atoms with Crippen LogP contribution < -0.4 is 5.32 Å². The van der Waals surface area contributed by atoms with Gasteiger partial charge in [0, 0.05) is 5.92 Å². The lowest BCUT2D eigenvalue weighted by Crippen LogP contribution is -2.29. The summed E-state index contributed by atoms with van der Waals surface area (Å²) in [6.45, 7) is -0.00687. The summed E-state index contributed by atoms with van der Waals surface area (Å²) in [7, 11) is 0. The Hall–Kier alpha value is -1.57. The number of nitrogens with zero attached hydrogens (tertiary/aromatic N) is 1. The summed E-state index contributed by atoms with van der Waals surface area (Å²) in [5.74, 6) is -1.66. The van der Waals surface area contributed by atoms with E-state index in [-0.39, 0.29) is 18.4 Å². The monoisotopic (exact) mass is 196 g/mol. The van der Waals surface area contributed by atoms with E-state index in [1.807, 2.05) is 6.07 Å². The summed E-state index contributed by atoms with van der Waals surface area (Å²) in [5, 5.41) is 19.4. The first-order valence-corrected chi connectivity index (χ1v) is 4.52. The fourth-order valence-electron chi connectivity index (χ4n) is 1.71. The molecule has 14 heavy (non-hydrogen) atoms. The highest BCUT2D eigenvalue weighted by Crippen LogP contribution is 2.30. The van der Waals surface area contributed by atoms with Gasteiger partial charge >= 0.3 is 5.97 Å². The first-order chi connectivity index (χ1) is 6.65. The van der Waals surface area contributed by atoms with E-state index in [9.17, 15) is 9.59 Å². The maximum Gasteiger partial charge on any atom is 0.306 e. The van der Waals surface area contributed by atoms with Crippen LogP contribution in [-0.4, -0.2) is 23.5 Å². The minimum absolute atomic E-state index is 0.00687. The van der Waals surface area contributed by atoms with Crippen molar-refractivity contribution in [1.29, 1.82) is 5.26 Å². The summed E-state index contributed by atoms with van der Waals surface area (Å²) in [4.78, 5) is 21.9. The number of rotatable bonds is 3. The number of carboxylic acids is 1. The summed E-state index contributed by atoms with van der Waals surface area (Å²) < 4.78 is 0. The molecule has 5 nitrogen and oxygen atoms in total. The molecule has 2 atom stereocenters. The van der Waals surface area contributed by atoms with Crippen molar-refractivity contribution in [3.8, 4) is 6.07 Å². The minimum atomic E-state index is -0.833. The largest absolute Gasteiger partial charge is 0.481 e. The average Bonchev–Trinajstić information content (AvgIpc) is 2.62. The molecule has 0 spiro atoms. The predicted octanol–water partition coefficient (Wildman–Crippen LogP) is 0.127. The van der Waals surface area contributed by atoms with Crippen molar-refractivity contribution in [2.75, 3.05) is 6.54 Å². The number of hydrogen-bond acceptors (Lipinski definition) is 3. The smallest absolute Gasteiger partial charge is 0.306 e. The molecule has 1 saturated carbocycles. The Labute approximate surface area is 81.7 Å². The molecular formula is C9H12N2O3. The number of carbonyl (C=O) groups excluding carboxylic acids is 1. The third-order valence-corrected chi connectivity index (χ3v) is 2.49. The Kier molecular flexibility index (Phi) is 3.46. The Balaban J connectivity index is 2.38. The molecule has 2 N–H and O–H groups in total. The average molecular weight is 196 g/mol. The van der Waals surface area contributed by atoms with Crippen molar-refractivity contribution >= 4 is 11.9 Å². The number of nitriles is 1. The Morgan fingerprint density at radius 3 is 2.57 bits per heavy atom. The zero-order valence-corrected chi connectivity index (χ0v) is 7.69. The molecule has 1 fully saturated rings. The standard InChI is InChI=1S/C9H12N2O3/c10-3-4-11-8(12)6-1-2-7(5-6)9(13)14/h6-7H,1-2,4-5H2,(H,11,12)(H,13,14)/t6-,7+/m1/s1. The van der Waals surface area contributed by atoms with Crippen molar-refractivity contribution in [3.63, 3.8) is 0 Å². The van der Waals surface area contributed by atoms with Gasteiger partial charge in [-0.1, -0.05) is 0 Å². The van der Waals surface area contributed by atoms with Crippen LogP contribution in [0.1, 0.15) is 19.3 Å². The second-order valence-corrected chi connectivity index (χ2v) is 3.42. The van der Waals surface area contributed by atoms with E-state index in [0.717, 1.165) is 0 Å². The number of nitrogens with one attached hydrogen (secondary N) is 1. The molecule has 1 aliphatic rings. The molecule has 0 bridgehead atoms. The van der Waals surface area contributed by atoms with Gasteiger partial charge in [-0.25, -0.2) is 0 Å². The first-order valence-electron chi connectivity index (χ1n) is 4.52. The molecule has 0 saturated heterocycles. The van der Waals surface area contributed by atoms with Crippen molar-refractivity contribution < 1.29 is 14.7 Å². The topological polar surface area (TPSA) is 90.2 Å². The molecule has 1 rings (SSSR count). The summed E-state index contributed by atoms with van der Waals surface area (Å²) >= 11 is 0. The molecule has 0 heterocycles. The Bertz CT molecular complexity index is 282. The fourth-order valence-corrected chi connectivity index (χ4v) is 1.71. The SMILES string of the molecule is N#CCNC(=O)[C@@H]1CC[C@H](C(=O)O)C1. The van der Waals surface area contributed by atoms with E-state index in [2.05, 4.69) is 5.32 Å². The van der Waals surface area contributed by atoms with Crippen LogP contribution in [0.4, 0.5) is 0 Å². The van der Waals surface area contributed by atoms with E-state index >= 15 is 0 Å². The molecule has 0 aromatic carbocycles. The van der Waals surface area contributed by atoms with Crippen molar-refractivity contribution in [1.82, 2.24) is 5.32 Å². The number of hydrogen-bond donors (Lipinski definition) is 2. The molecule has 0 unspecified atom stereocenters. The van der Waals surface area contributed by atoms with Crippen LogP contribution >= 0.6 is 0 Å². The van der Waals surface area contributed by atoms with E-state index in [1.54, 1.807) is 0 Å². The highest BCUT2D eigenvalue weighted by atomic mass is 16.4. The Morgan fingerprint density at radius 1 is 1.43 bits per heavy atom. The summed E-state index contributed by atoms with van der Waals surface area (Å²) in [5.41, 5.74) is 0. The van der Waals surface area contributed by atoms with E-state index in [1.165, 1.54) is 0 Å². The van der Waals surface area contributed by atoms with Gasteiger partial charge in [0.1, 0.15) is 6.54 Å². The molecule has 5 heteroatoms. The van der Waals surface area contributed by atoms with Crippen LogP contribution in [0.2, 0.25) is 0 Å². The van der Waals surface area contributed by atoms with Gasteiger partial charge in [-0.15, -0.1) is 0 Å². The lowest BCUT2D eigenvalue weighted by molar-refractivity contribution is -0.141. The lowest BCUT2D eigenvalue weighted by Gasteiger charge is -2.07. The second-order valence-electron chi connectivity index (χ2n) is 3.42. The zero-order chi connectivity index (χ0) is 10.6. The molecule has 0 aromatic rings. The summed E-state index contributed by atoms with van der Waals surface area (Å²) in [6.07, 6.45) is 1.56. The van der Waals surface area contributed by atoms with Crippen LogP contribution in [0.15, 0.2) is 0 Å². The highest BCUT2D eigenvalue weighted by molar-refractivity contribution is 5.80. The number of carboxylic acid groups (broad SMARTS) is 1. The van der Waals surface area contributed by atoms with Crippen molar-refractivity contribution in [3.05, 3.63) is 0 Å². The van der Waals surface area contributed by atoms with E-state index in [4.69, 9.17) is 10.4 Å². The molecule has 0 radical (unpaired) electrons. The van der Waals surface area contributed by atoms with Crippen LogP contribution in [0.25, 0.3) is 0 Å². The fraction of sp³-hybridized carbons (Fsp3) is 0.667. The van der Waals surface area contributed by atoms with Crippen LogP contribution in [0, 0.1) is 23.2 Å². The maximum atomic E-state index is 11.3. The van der Waals surface area contributed by atoms with Gasteiger partial charge in [-0.2, -0.15) is 5.26 Å². The van der Waals surface area contributed by atoms with Crippen LogP contribution in [0.5, 0.6) is 0 Å². The number of amides is 1. The van der Waals surface area contributed by atoms with Gasteiger partial charge in [0.15, 0.2) is 0 Å². The highest BCUT2D eigenvalue weighted by Gasteiger charge is 2.33. The maximum absolute atomic E-state index is 11.3. The van der Waals surface area contributed by atoms with Crippen LogP contribution in [0.3, 0.4) is 0 Å². The van der Waals surface area contributed by atoms with Gasteiger partial charge in [0.25, 0.3) is 0 Å². The van der Waals surface area contributed by atoms with Gasteiger partial charge in [-0.3, -0.25) is 9.59 Å². The first kappa shape index (κ1) is 10.5.